The summed E-state index contributed by atoms with van der Waals surface area (Å²) in [7, 11) is 3.03. The molecule has 6 rings (SSSR count). The van der Waals surface area contributed by atoms with Crippen LogP contribution in [-0.2, 0) is 4.74 Å². The Morgan fingerprint density at radius 2 is 1.75 bits per heavy atom. The van der Waals surface area contributed by atoms with Gasteiger partial charge in [-0.05, 0) is 54.4 Å². The highest BCUT2D eigenvalue weighted by Gasteiger charge is 2.41. The predicted octanol–water partition coefficient (Wildman–Crippen LogP) is 4.94. The van der Waals surface area contributed by atoms with Crippen LogP contribution >= 0.6 is 0 Å². The fourth-order valence-electron chi connectivity index (χ4n) is 4.88. The van der Waals surface area contributed by atoms with E-state index in [-0.39, 0.29) is 12.0 Å². The van der Waals surface area contributed by atoms with Crippen molar-refractivity contribution in [2.24, 2.45) is 0 Å². The molecule has 8 nitrogen and oxygen atoms in total. The summed E-state index contributed by atoms with van der Waals surface area (Å²) < 4.78 is 18.8. The number of benzene rings is 3. The molecule has 3 aromatic carbocycles. The summed E-state index contributed by atoms with van der Waals surface area (Å²) in [5.41, 5.74) is 6.46. The fourth-order valence-corrected chi connectivity index (χ4v) is 4.88. The number of aromatic nitrogens is 3. The van der Waals surface area contributed by atoms with Gasteiger partial charge in [0.2, 0.25) is 5.95 Å². The van der Waals surface area contributed by atoms with Crippen molar-refractivity contribution < 1.29 is 19.0 Å². The zero-order valence-corrected chi connectivity index (χ0v) is 20.1. The Balaban J connectivity index is 1.56. The molecule has 2 atom stereocenters. The van der Waals surface area contributed by atoms with Crippen LogP contribution in [0.15, 0.2) is 78.6 Å². The van der Waals surface area contributed by atoms with Crippen LogP contribution < -0.4 is 14.8 Å². The second kappa shape index (κ2) is 8.57. The van der Waals surface area contributed by atoms with Gasteiger partial charge < -0.3 is 19.5 Å². The first-order valence-corrected chi connectivity index (χ1v) is 11.6. The Hall–Kier alpha value is -4.59. The van der Waals surface area contributed by atoms with Gasteiger partial charge in [-0.3, -0.25) is 0 Å². The average Bonchev–Trinajstić information content (AvgIpc) is 3.39. The number of anilines is 1. The maximum atomic E-state index is 12.0. The Morgan fingerprint density at radius 3 is 2.47 bits per heavy atom. The molecule has 2 aliphatic heterocycles. The number of nitrogens with zero attached hydrogens (tertiary/aromatic N) is 3. The fraction of sp³-hybridized carbons (Fsp3) is 0.179. The first-order valence-electron chi connectivity index (χ1n) is 11.6. The summed E-state index contributed by atoms with van der Waals surface area (Å²) in [4.78, 5) is 16.5. The monoisotopic (exact) mass is 480 g/mol. The molecule has 0 radical (unpaired) electrons. The summed E-state index contributed by atoms with van der Waals surface area (Å²) >= 11 is 0. The Kier molecular flexibility index (Phi) is 5.21. The predicted molar refractivity (Wildman–Crippen MR) is 134 cm³/mol. The minimum atomic E-state index is -0.432. The summed E-state index contributed by atoms with van der Waals surface area (Å²) in [6, 6.07) is 21.2. The van der Waals surface area contributed by atoms with Gasteiger partial charge in [-0.15, -0.1) is 0 Å². The number of esters is 1. The molecule has 0 amide bonds. The van der Waals surface area contributed by atoms with E-state index in [2.05, 4.69) is 28.4 Å². The van der Waals surface area contributed by atoms with Crippen molar-refractivity contribution in [2.75, 3.05) is 19.5 Å². The van der Waals surface area contributed by atoms with E-state index in [0.717, 1.165) is 45.0 Å². The van der Waals surface area contributed by atoms with Gasteiger partial charge in [0.15, 0.2) is 0 Å². The molecule has 4 aromatic rings. The van der Waals surface area contributed by atoms with Crippen LogP contribution in [0.5, 0.6) is 11.5 Å². The van der Waals surface area contributed by atoms with Gasteiger partial charge in [0.25, 0.3) is 0 Å². The van der Waals surface area contributed by atoms with Gasteiger partial charge in [-0.1, -0.05) is 35.9 Å². The molecule has 1 aromatic heterocycles. The molecule has 0 saturated heterocycles. The number of carbonyl (C=O) groups excluding carboxylic acids is 1. The second-order valence-corrected chi connectivity index (χ2v) is 8.77. The smallest absolute Gasteiger partial charge is 0.337 e. The van der Waals surface area contributed by atoms with Gasteiger partial charge in [0.05, 0.1) is 25.5 Å². The molecule has 0 spiro atoms. The highest BCUT2D eigenvalue weighted by molar-refractivity contribution is 5.89. The van der Waals surface area contributed by atoms with Crippen molar-refractivity contribution in [1.82, 2.24) is 14.8 Å². The number of hydrogen-bond acceptors (Lipinski definition) is 7. The number of methoxy groups -OCH3 is 2. The lowest BCUT2D eigenvalue weighted by atomic mass is 9.84. The highest BCUT2D eigenvalue weighted by atomic mass is 16.5. The Bertz CT molecular complexity index is 1490. The third-order valence-corrected chi connectivity index (χ3v) is 6.64. The van der Waals surface area contributed by atoms with E-state index in [1.165, 1.54) is 7.11 Å². The highest BCUT2D eigenvalue weighted by Crippen LogP contribution is 2.50. The molecule has 0 aliphatic carbocycles. The van der Waals surface area contributed by atoms with Gasteiger partial charge in [-0.2, -0.15) is 10.1 Å². The molecule has 0 fully saturated rings. The average molecular weight is 481 g/mol. The number of carbonyl (C=O) groups is 1. The van der Waals surface area contributed by atoms with E-state index in [1.54, 1.807) is 25.6 Å². The number of hydrogen-bond donors (Lipinski definition) is 1. The number of aryl methyl sites for hydroxylation is 1. The van der Waals surface area contributed by atoms with Gasteiger partial charge >= 0.3 is 5.97 Å². The SMILES string of the molecule is COC(=O)c1ccc(C2Oc3ccc(C)cc3C3=C2C(c2ccc(OC)cc2)n2ncnc2N3)cc1. The lowest BCUT2D eigenvalue weighted by Crippen LogP contribution is -2.32. The molecule has 1 N–H and O–H groups in total. The van der Waals surface area contributed by atoms with Crippen molar-refractivity contribution in [2.45, 2.75) is 19.1 Å². The number of nitrogens with one attached hydrogen (secondary N) is 1. The third kappa shape index (κ3) is 3.50. The number of rotatable bonds is 4. The third-order valence-electron chi connectivity index (χ3n) is 6.64. The van der Waals surface area contributed by atoms with Crippen LogP contribution in [0, 0.1) is 6.92 Å². The molecule has 0 bridgehead atoms. The van der Waals surface area contributed by atoms with Crippen molar-refractivity contribution in [3.63, 3.8) is 0 Å². The number of fused-ring (bicyclic) bond motifs is 3. The van der Waals surface area contributed by atoms with E-state index in [0.29, 0.717) is 11.5 Å². The summed E-state index contributed by atoms with van der Waals surface area (Å²) in [5, 5.41) is 8.07. The van der Waals surface area contributed by atoms with Crippen molar-refractivity contribution in [3.05, 3.63) is 106 Å². The van der Waals surface area contributed by atoms with Crippen LogP contribution in [0.25, 0.3) is 5.70 Å². The lowest BCUT2D eigenvalue weighted by molar-refractivity contribution is 0.0600. The molecule has 2 unspecified atom stereocenters. The van der Waals surface area contributed by atoms with Crippen molar-refractivity contribution in [3.8, 4) is 11.5 Å². The minimum Gasteiger partial charge on any atom is -0.497 e. The van der Waals surface area contributed by atoms with Gasteiger partial charge in [-0.25, -0.2) is 9.48 Å². The first kappa shape index (κ1) is 21.9. The Morgan fingerprint density at radius 1 is 1.00 bits per heavy atom. The van der Waals surface area contributed by atoms with Gasteiger partial charge in [0, 0.05) is 11.1 Å². The molecule has 2 aliphatic rings. The largest absolute Gasteiger partial charge is 0.497 e. The van der Waals surface area contributed by atoms with Crippen LogP contribution in [0.3, 0.4) is 0 Å². The van der Waals surface area contributed by atoms with E-state index in [9.17, 15) is 4.79 Å². The summed E-state index contributed by atoms with van der Waals surface area (Å²) in [5.74, 6) is 1.82. The second-order valence-electron chi connectivity index (χ2n) is 8.77. The normalized spacial score (nSPS) is 17.8. The lowest BCUT2D eigenvalue weighted by Gasteiger charge is -2.39. The molecular weight excluding hydrogens is 456 g/mol. The zero-order chi connectivity index (χ0) is 24.8. The summed E-state index contributed by atoms with van der Waals surface area (Å²) in [6.45, 7) is 2.06. The molecule has 8 heteroatoms. The molecule has 0 saturated carbocycles. The number of ether oxygens (including phenoxy) is 3. The standard InChI is InChI=1S/C28H24N4O4/c1-16-4-13-22-21(14-16)24-23(26(36-22)18-5-7-19(8-6-18)27(33)35-3)25(32-28(31-24)29-15-30-32)17-9-11-20(34-2)12-10-17/h4-15,25-26H,1-3H3,(H,29,30,31). The van der Waals surface area contributed by atoms with E-state index < -0.39 is 6.10 Å². The molecule has 36 heavy (non-hydrogen) atoms. The van der Waals surface area contributed by atoms with Crippen LogP contribution in [0.1, 0.15) is 44.8 Å². The molecular formula is C28H24N4O4. The quantitative estimate of drug-likeness (QED) is 0.414. The van der Waals surface area contributed by atoms with Crippen LogP contribution in [0.4, 0.5) is 5.95 Å². The van der Waals surface area contributed by atoms with Gasteiger partial charge in [0.1, 0.15) is 30.0 Å². The maximum absolute atomic E-state index is 12.0. The van der Waals surface area contributed by atoms with E-state index >= 15 is 0 Å². The summed E-state index contributed by atoms with van der Waals surface area (Å²) in [6.07, 6.45) is 1.12. The van der Waals surface area contributed by atoms with E-state index in [4.69, 9.17) is 14.2 Å². The Labute approximate surface area is 208 Å². The van der Waals surface area contributed by atoms with Crippen LogP contribution in [-0.4, -0.2) is 35.0 Å². The zero-order valence-electron chi connectivity index (χ0n) is 20.1. The topological polar surface area (TPSA) is 87.5 Å². The molecule has 180 valence electrons. The minimum absolute atomic E-state index is 0.274. The van der Waals surface area contributed by atoms with Crippen LogP contribution in [0.2, 0.25) is 0 Å². The van der Waals surface area contributed by atoms with Crippen molar-refractivity contribution >= 4 is 17.6 Å². The molecule has 3 heterocycles. The van der Waals surface area contributed by atoms with E-state index in [1.807, 2.05) is 53.2 Å². The first-order chi connectivity index (χ1) is 17.6. The maximum Gasteiger partial charge on any atom is 0.337 e. The van der Waals surface area contributed by atoms with Crippen molar-refractivity contribution in [1.29, 1.82) is 0 Å².